The van der Waals surface area contributed by atoms with E-state index < -0.39 is 0 Å². The zero-order valence-electron chi connectivity index (χ0n) is 32.4. The number of fused-ring (bicyclic) bond motifs is 5. The quantitative estimate of drug-likeness (QED) is 0.162. The number of para-hydroxylation sites is 3. The van der Waals surface area contributed by atoms with Gasteiger partial charge in [-0.1, -0.05) is 171 Å². The van der Waals surface area contributed by atoms with E-state index in [1.165, 1.54) is 81.5 Å². The first-order valence-corrected chi connectivity index (χ1v) is 20.8. The lowest BCUT2D eigenvalue weighted by atomic mass is 9.80. The van der Waals surface area contributed by atoms with Crippen molar-refractivity contribution in [3.8, 4) is 33.4 Å². The monoisotopic (exact) mass is 745 g/mol. The molecule has 9 aromatic carbocycles. The Bertz CT molecular complexity index is 3100. The maximum atomic E-state index is 6.43. The molecule has 278 valence electrons. The Morgan fingerprint density at radius 1 is 0.397 bits per heavy atom. The van der Waals surface area contributed by atoms with E-state index in [0.29, 0.717) is 5.92 Å². The van der Waals surface area contributed by atoms with Crippen LogP contribution in [0.15, 0.2) is 199 Å². The molecule has 0 aliphatic heterocycles. The first-order valence-electron chi connectivity index (χ1n) is 20.8. The molecule has 0 saturated heterocycles. The van der Waals surface area contributed by atoms with Crippen molar-refractivity contribution in [1.82, 2.24) is 0 Å². The second-order valence-electron chi connectivity index (χ2n) is 15.8. The van der Waals surface area contributed by atoms with Crippen LogP contribution in [0.4, 0.5) is 17.1 Å². The van der Waals surface area contributed by atoms with Crippen LogP contribution >= 0.6 is 0 Å². The van der Waals surface area contributed by atoms with Gasteiger partial charge < -0.3 is 9.32 Å². The van der Waals surface area contributed by atoms with E-state index >= 15 is 0 Å². The fraction of sp³-hybridized carbons (Fsp3) is 0.107. The first-order chi connectivity index (χ1) is 28.8. The van der Waals surface area contributed by atoms with Gasteiger partial charge in [-0.05, 0) is 111 Å². The van der Waals surface area contributed by atoms with Crippen molar-refractivity contribution in [3.63, 3.8) is 0 Å². The molecule has 0 spiro atoms. The van der Waals surface area contributed by atoms with Crippen molar-refractivity contribution < 1.29 is 4.42 Å². The molecule has 11 rings (SSSR count). The van der Waals surface area contributed by atoms with Gasteiger partial charge >= 0.3 is 0 Å². The van der Waals surface area contributed by atoms with E-state index in [1.807, 2.05) is 6.07 Å². The highest BCUT2D eigenvalue weighted by atomic mass is 16.3. The third-order valence-electron chi connectivity index (χ3n) is 12.5. The van der Waals surface area contributed by atoms with E-state index in [-0.39, 0.29) is 0 Å². The van der Waals surface area contributed by atoms with Crippen LogP contribution in [-0.2, 0) is 0 Å². The van der Waals surface area contributed by atoms with Gasteiger partial charge in [0.05, 0.1) is 11.4 Å². The van der Waals surface area contributed by atoms with Gasteiger partial charge in [0.2, 0.25) is 0 Å². The average molecular weight is 746 g/mol. The molecule has 1 heterocycles. The van der Waals surface area contributed by atoms with Crippen molar-refractivity contribution in [2.45, 2.75) is 38.0 Å². The lowest BCUT2D eigenvalue weighted by molar-refractivity contribution is 0.445. The smallest absolute Gasteiger partial charge is 0.136 e. The molecule has 1 aliphatic rings. The molecule has 0 atom stereocenters. The van der Waals surface area contributed by atoms with E-state index in [0.717, 1.165) is 50.1 Å². The topological polar surface area (TPSA) is 16.4 Å². The molecule has 1 fully saturated rings. The third kappa shape index (κ3) is 5.96. The summed E-state index contributed by atoms with van der Waals surface area (Å²) < 4.78 is 6.43. The zero-order chi connectivity index (χ0) is 38.4. The van der Waals surface area contributed by atoms with Crippen LogP contribution in [0.25, 0.3) is 76.9 Å². The SMILES string of the molecule is c1ccc(N(c2ccc(-c3ccc4ccccc4c3)cc2)c2ccccc2-c2cccc3oc4ccccc4c23)c(-c2cccc3cccc(C4CCCCC4)c23)c1. The van der Waals surface area contributed by atoms with Gasteiger partial charge in [-0.25, -0.2) is 0 Å². The van der Waals surface area contributed by atoms with Crippen molar-refractivity contribution in [2.75, 3.05) is 4.90 Å². The van der Waals surface area contributed by atoms with Gasteiger partial charge in [0, 0.05) is 27.6 Å². The fourth-order valence-electron chi connectivity index (χ4n) is 9.72. The van der Waals surface area contributed by atoms with Crippen LogP contribution in [0.3, 0.4) is 0 Å². The highest BCUT2D eigenvalue weighted by Gasteiger charge is 2.25. The predicted octanol–water partition coefficient (Wildman–Crippen LogP) is 16.4. The minimum absolute atomic E-state index is 0.579. The van der Waals surface area contributed by atoms with Gasteiger partial charge in [0.15, 0.2) is 0 Å². The average Bonchev–Trinajstić information content (AvgIpc) is 3.69. The number of benzene rings is 9. The molecule has 2 heteroatoms. The highest BCUT2D eigenvalue weighted by Crippen LogP contribution is 2.49. The summed E-state index contributed by atoms with van der Waals surface area (Å²) >= 11 is 0. The summed E-state index contributed by atoms with van der Waals surface area (Å²) in [6.45, 7) is 0. The second kappa shape index (κ2) is 14.6. The first kappa shape index (κ1) is 34.4. The summed E-state index contributed by atoms with van der Waals surface area (Å²) in [6.07, 6.45) is 6.46. The van der Waals surface area contributed by atoms with Crippen LogP contribution < -0.4 is 4.90 Å². The molecule has 0 amide bonds. The standard InChI is InChI=1S/C56H43NO/c1-2-16-40(17-3-1)45-24-12-19-41-20-13-25-48(55(41)45)46-21-6-9-27-51(46)57(44-35-33-39(34-36-44)43-32-31-38-15-4-5-18-42(38)37-43)52-28-10-7-22-47(52)49-26-14-30-54-56(49)50-23-8-11-29-53(50)58-54/h4-15,18-37,40H,1-3,16-17H2. The Kier molecular flexibility index (Phi) is 8.62. The summed E-state index contributed by atoms with van der Waals surface area (Å²) in [7, 11) is 0. The molecular weight excluding hydrogens is 703 g/mol. The van der Waals surface area contributed by atoms with Crippen molar-refractivity contribution >= 4 is 60.5 Å². The minimum atomic E-state index is 0.579. The number of hydrogen-bond acceptors (Lipinski definition) is 2. The van der Waals surface area contributed by atoms with E-state index in [1.54, 1.807) is 0 Å². The van der Waals surface area contributed by atoms with Crippen LogP contribution in [0.2, 0.25) is 0 Å². The number of rotatable bonds is 7. The molecular formula is C56H43NO. The molecule has 10 aromatic rings. The van der Waals surface area contributed by atoms with Crippen molar-refractivity contribution in [1.29, 1.82) is 0 Å². The fourth-order valence-corrected chi connectivity index (χ4v) is 9.72. The Hall–Kier alpha value is -6.90. The summed E-state index contributed by atoms with van der Waals surface area (Å²) in [5.74, 6) is 0.579. The van der Waals surface area contributed by atoms with Gasteiger partial charge in [0.25, 0.3) is 0 Å². The van der Waals surface area contributed by atoms with Gasteiger partial charge in [-0.2, -0.15) is 0 Å². The lowest BCUT2D eigenvalue weighted by Gasteiger charge is -2.31. The maximum absolute atomic E-state index is 6.43. The Labute approximate surface area is 339 Å². The van der Waals surface area contributed by atoms with Crippen molar-refractivity contribution in [3.05, 3.63) is 200 Å². The van der Waals surface area contributed by atoms with Gasteiger partial charge in [-0.15, -0.1) is 0 Å². The molecule has 0 bridgehead atoms. The molecule has 0 N–H and O–H groups in total. The molecule has 58 heavy (non-hydrogen) atoms. The maximum Gasteiger partial charge on any atom is 0.136 e. The second-order valence-corrected chi connectivity index (χ2v) is 15.8. The molecule has 1 aliphatic carbocycles. The summed E-state index contributed by atoms with van der Waals surface area (Å²) in [5.41, 5.74) is 13.8. The Morgan fingerprint density at radius 2 is 0.966 bits per heavy atom. The largest absolute Gasteiger partial charge is 0.456 e. The minimum Gasteiger partial charge on any atom is -0.456 e. The molecule has 0 radical (unpaired) electrons. The zero-order valence-corrected chi connectivity index (χ0v) is 32.4. The summed E-state index contributed by atoms with van der Waals surface area (Å²) in [6, 6.07) is 71.1. The number of anilines is 3. The molecule has 0 unspecified atom stereocenters. The van der Waals surface area contributed by atoms with Crippen LogP contribution in [-0.4, -0.2) is 0 Å². The third-order valence-corrected chi connectivity index (χ3v) is 12.5. The van der Waals surface area contributed by atoms with Crippen LogP contribution in [0, 0.1) is 0 Å². The predicted molar refractivity (Wildman–Crippen MR) is 246 cm³/mol. The lowest BCUT2D eigenvalue weighted by Crippen LogP contribution is -2.12. The number of nitrogens with zero attached hydrogens (tertiary/aromatic N) is 1. The summed E-state index contributed by atoms with van der Waals surface area (Å²) in [5, 5.41) is 7.46. The normalized spacial score (nSPS) is 13.4. The number of hydrogen-bond donors (Lipinski definition) is 0. The number of furan rings is 1. The van der Waals surface area contributed by atoms with E-state index in [9.17, 15) is 0 Å². The molecule has 1 aromatic heterocycles. The van der Waals surface area contributed by atoms with Crippen LogP contribution in [0.1, 0.15) is 43.6 Å². The highest BCUT2D eigenvalue weighted by molar-refractivity contribution is 6.14. The van der Waals surface area contributed by atoms with Crippen LogP contribution in [0.5, 0.6) is 0 Å². The van der Waals surface area contributed by atoms with Gasteiger partial charge in [-0.3, -0.25) is 0 Å². The van der Waals surface area contributed by atoms with E-state index in [4.69, 9.17) is 4.42 Å². The Morgan fingerprint density at radius 3 is 1.74 bits per heavy atom. The van der Waals surface area contributed by atoms with Crippen molar-refractivity contribution in [2.24, 2.45) is 0 Å². The Balaban J connectivity index is 1.14. The van der Waals surface area contributed by atoms with E-state index in [2.05, 4.69) is 193 Å². The van der Waals surface area contributed by atoms with Gasteiger partial charge in [0.1, 0.15) is 11.2 Å². The molecule has 1 saturated carbocycles. The summed E-state index contributed by atoms with van der Waals surface area (Å²) in [4.78, 5) is 2.48. The molecule has 2 nitrogen and oxygen atoms in total.